The Labute approximate surface area is 103 Å². The third kappa shape index (κ3) is 3.48. The van der Waals surface area contributed by atoms with Crippen molar-refractivity contribution < 1.29 is 4.39 Å². The minimum Gasteiger partial charge on any atom is -0.207 e. The van der Waals surface area contributed by atoms with Gasteiger partial charge >= 0.3 is 0 Å². The zero-order chi connectivity index (χ0) is 12.1. The van der Waals surface area contributed by atoms with Crippen LogP contribution in [0.3, 0.4) is 0 Å². The van der Waals surface area contributed by atoms with Crippen molar-refractivity contribution in [2.45, 2.75) is 51.8 Å². The normalized spacial score (nSPS) is 12.8. The third-order valence-electron chi connectivity index (χ3n) is 2.93. The predicted octanol–water partition coefficient (Wildman–Crippen LogP) is 5.30. The summed E-state index contributed by atoms with van der Waals surface area (Å²) in [6.07, 6.45) is 4.52. The van der Waals surface area contributed by atoms with Gasteiger partial charge in [0, 0.05) is 0 Å². The van der Waals surface area contributed by atoms with E-state index < -0.39 is 0 Å². The van der Waals surface area contributed by atoms with Gasteiger partial charge in [-0.2, -0.15) is 0 Å². The summed E-state index contributed by atoms with van der Waals surface area (Å²) in [6.45, 7) is 6.04. The molecule has 0 aliphatic heterocycles. The van der Waals surface area contributed by atoms with Crippen LogP contribution in [0.15, 0.2) is 12.1 Å². The van der Waals surface area contributed by atoms with Gasteiger partial charge in [0.15, 0.2) is 0 Å². The Morgan fingerprint density at radius 2 is 1.75 bits per heavy atom. The molecule has 1 unspecified atom stereocenters. The van der Waals surface area contributed by atoms with E-state index >= 15 is 0 Å². The third-order valence-corrected chi connectivity index (χ3v) is 3.37. The topological polar surface area (TPSA) is 0 Å². The fourth-order valence-corrected chi connectivity index (χ4v) is 2.63. The molecule has 0 aliphatic rings. The van der Waals surface area contributed by atoms with Gasteiger partial charge in [-0.1, -0.05) is 26.2 Å². The molecule has 0 saturated carbocycles. The number of alkyl halides is 1. The molecule has 0 amide bonds. The molecule has 0 bridgehead atoms. The standard InChI is InChI=1S/C14H20ClF/c1-4-5-6-7-13(15)14-10(2)8-12(16)9-11(14)3/h8-9,13H,4-7H2,1-3H3. The van der Waals surface area contributed by atoms with Crippen LogP contribution in [0, 0.1) is 19.7 Å². The van der Waals surface area contributed by atoms with E-state index in [0.29, 0.717) is 0 Å². The summed E-state index contributed by atoms with van der Waals surface area (Å²) in [6, 6.07) is 3.13. The van der Waals surface area contributed by atoms with E-state index in [2.05, 4.69) is 6.92 Å². The molecule has 1 aromatic rings. The summed E-state index contributed by atoms with van der Waals surface area (Å²) in [5.41, 5.74) is 3.04. The molecule has 1 rings (SSSR count). The van der Waals surface area contributed by atoms with Crippen molar-refractivity contribution in [3.63, 3.8) is 0 Å². The molecule has 0 saturated heterocycles. The van der Waals surface area contributed by atoms with Crippen molar-refractivity contribution in [1.29, 1.82) is 0 Å². The van der Waals surface area contributed by atoms with Crippen LogP contribution in [0.5, 0.6) is 0 Å². The summed E-state index contributed by atoms with van der Waals surface area (Å²) in [5.74, 6) is -0.170. The van der Waals surface area contributed by atoms with E-state index in [1.807, 2.05) is 13.8 Å². The first kappa shape index (κ1) is 13.5. The summed E-state index contributed by atoms with van der Waals surface area (Å²) < 4.78 is 13.1. The van der Waals surface area contributed by atoms with Gasteiger partial charge in [-0.05, 0) is 49.1 Å². The second kappa shape index (κ2) is 6.24. The monoisotopic (exact) mass is 242 g/mol. The molecule has 0 nitrogen and oxygen atoms in total. The first-order valence-electron chi connectivity index (χ1n) is 5.97. The van der Waals surface area contributed by atoms with Crippen LogP contribution in [0.25, 0.3) is 0 Å². The maximum atomic E-state index is 13.1. The van der Waals surface area contributed by atoms with Gasteiger partial charge in [-0.3, -0.25) is 0 Å². The molecule has 0 aliphatic carbocycles. The number of rotatable bonds is 5. The zero-order valence-electron chi connectivity index (χ0n) is 10.3. The first-order valence-corrected chi connectivity index (χ1v) is 6.40. The lowest BCUT2D eigenvalue weighted by atomic mass is 9.96. The van der Waals surface area contributed by atoms with Crippen LogP contribution < -0.4 is 0 Å². The number of aryl methyl sites for hydroxylation is 2. The Bertz CT molecular complexity index is 324. The number of benzene rings is 1. The minimum atomic E-state index is -0.170. The molecule has 16 heavy (non-hydrogen) atoms. The fraction of sp³-hybridized carbons (Fsp3) is 0.571. The van der Waals surface area contributed by atoms with Crippen molar-refractivity contribution in [1.82, 2.24) is 0 Å². The lowest BCUT2D eigenvalue weighted by Crippen LogP contribution is -1.99. The molecular weight excluding hydrogens is 223 g/mol. The molecule has 0 heterocycles. The molecular formula is C14H20ClF. The van der Waals surface area contributed by atoms with Crippen LogP contribution in [-0.4, -0.2) is 0 Å². The number of halogens is 2. The lowest BCUT2D eigenvalue weighted by molar-refractivity contribution is 0.620. The molecule has 90 valence electrons. The molecule has 1 atom stereocenters. The highest BCUT2D eigenvalue weighted by atomic mass is 35.5. The van der Waals surface area contributed by atoms with Crippen LogP contribution in [0.1, 0.15) is 54.7 Å². The minimum absolute atomic E-state index is 0.0205. The van der Waals surface area contributed by atoms with Gasteiger partial charge in [0.05, 0.1) is 5.38 Å². The maximum Gasteiger partial charge on any atom is 0.123 e. The number of hydrogen-bond donors (Lipinski definition) is 0. The van der Waals surface area contributed by atoms with E-state index in [-0.39, 0.29) is 11.2 Å². The smallest absolute Gasteiger partial charge is 0.123 e. The summed E-state index contributed by atoms with van der Waals surface area (Å²) >= 11 is 6.38. The lowest BCUT2D eigenvalue weighted by Gasteiger charge is -2.15. The molecule has 2 heteroatoms. The van der Waals surface area contributed by atoms with E-state index in [9.17, 15) is 4.39 Å². The average molecular weight is 243 g/mol. The summed E-state index contributed by atoms with van der Waals surface area (Å²) in [5, 5.41) is 0.0205. The fourth-order valence-electron chi connectivity index (χ4n) is 2.13. The molecule has 0 N–H and O–H groups in total. The van der Waals surface area contributed by atoms with Gasteiger partial charge < -0.3 is 0 Å². The maximum absolute atomic E-state index is 13.1. The van der Waals surface area contributed by atoms with Crippen molar-refractivity contribution in [3.8, 4) is 0 Å². The SMILES string of the molecule is CCCCCC(Cl)c1c(C)cc(F)cc1C. The van der Waals surface area contributed by atoms with Crippen LogP contribution in [0.2, 0.25) is 0 Å². The van der Waals surface area contributed by atoms with Crippen LogP contribution in [0.4, 0.5) is 4.39 Å². The Morgan fingerprint density at radius 1 is 1.19 bits per heavy atom. The summed E-state index contributed by atoms with van der Waals surface area (Å²) in [4.78, 5) is 0. The predicted molar refractivity (Wildman–Crippen MR) is 68.6 cm³/mol. The van der Waals surface area contributed by atoms with E-state index in [1.165, 1.54) is 12.8 Å². The summed E-state index contributed by atoms with van der Waals surface area (Å²) in [7, 11) is 0. The average Bonchev–Trinajstić information content (AvgIpc) is 2.16. The Kier molecular flexibility index (Phi) is 5.27. The van der Waals surface area contributed by atoms with E-state index in [0.717, 1.165) is 29.5 Å². The van der Waals surface area contributed by atoms with Gasteiger partial charge in [0.25, 0.3) is 0 Å². The zero-order valence-corrected chi connectivity index (χ0v) is 11.1. The van der Waals surface area contributed by atoms with Crippen molar-refractivity contribution in [3.05, 3.63) is 34.6 Å². The Morgan fingerprint density at radius 3 is 2.25 bits per heavy atom. The second-order valence-electron chi connectivity index (χ2n) is 4.42. The van der Waals surface area contributed by atoms with Crippen LogP contribution >= 0.6 is 11.6 Å². The highest BCUT2D eigenvalue weighted by Gasteiger charge is 2.14. The van der Waals surface area contributed by atoms with Gasteiger partial charge in [-0.25, -0.2) is 4.39 Å². The highest BCUT2D eigenvalue weighted by Crippen LogP contribution is 2.32. The second-order valence-corrected chi connectivity index (χ2v) is 4.94. The Hall–Kier alpha value is -0.560. The van der Waals surface area contributed by atoms with Crippen molar-refractivity contribution in [2.75, 3.05) is 0 Å². The van der Waals surface area contributed by atoms with Gasteiger partial charge in [-0.15, -0.1) is 11.6 Å². The first-order chi connectivity index (χ1) is 7.56. The number of unbranched alkanes of at least 4 members (excludes halogenated alkanes) is 2. The molecule has 0 radical (unpaired) electrons. The molecule has 0 aromatic heterocycles. The van der Waals surface area contributed by atoms with Crippen LogP contribution in [-0.2, 0) is 0 Å². The van der Waals surface area contributed by atoms with Crippen molar-refractivity contribution >= 4 is 11.6 Å². The van der Waals surface area contributed by atoms with Gasteiger partial charge in [0.1, 0.15) is 5.82 Å². The van der Waals surface area contributed by atoms with Crippen molar-refractivity contribution in [2.24, 2.45) is 0 Å². The van der Waals surface area contributed by atoms with E-state index in [4.69, 9.17) is 11.6 Å². The van der Waals surface area contributed by atoms with E-state index in [1.54, 1.807) is 12.1 Å². The molecule has 0 fully saturated rings. The molecule has 1 aromatic carbocycles. The molecule has 0 spiro atoms. The highest BCUT2D eigenvalue weighted by molar-refractivity contribution is 6.21. The van der Waals surface area contributed by atoms with Gasteiger partial charge in [0.2, 0.25) is 0 Å². The largest absolute Gasteiger partial charge is 0.207 e. The quantitative estimate of drug-likeness (QED) is 0.485. The number of hydrogen-bond acceptors (Lipinski definition) is 0. The Balaban J connectivity index is 2.78.